The molecule has 1 atom stereocenters. The fourth-order valence-electron chi connectivity index (χ4n) is 4.03. The van der Waals surface area contributed by atoms with Crippen LogP contribution in [0.2, 0.25) is 0 Å². The van der Waals surface area contributed by atoms with E-state index in [1.54, 1.807) is 0 Å². The van der Waals surface area contributed by atoms with Crippen LogP contribution in [0.25, 0.3) is 0 Å². The molecule has 28 heavy (non-hydrogen) atoms. The van der Waals surface area contributed by atoms with E-state index in [-0.39, 0.29) is 24.2 Å². The first-order valence-corrected chi connectivity index (χ1v) is 9.80. The molecule has 4 rings (SSSR count). The van der Waals surface area contributed by atoms with E-state index in [0.717, 1.165) is 24.9 Å². The highest BCUT2D eigenvalue weighted by Crippen LogP contribution is 2.26. The maximum absolute atomic E-state index is 12.9. The number of carbonyl (C=O) groups excluding carboxylic acids is 2. The van der Waals surface area contributed by atoms with E-state index >= 15 is 0 Å². The number of hydrogen-bond donors (Lipinski definition) is 1. The van der Waals surface area contributed by atoms with E-state index in [4.69, 9.17) is 4.52 Å². The summed E-state index contributed by atoms with van der Waals surface area (Å²) in [6.45, 7) is 3.35. The topological polar surface area (TPSA) is 91.6 Å². The number of carbonyl (C=O) groups is 2. The molecule has 8 nitrogen and oxygen atoms in total. The van der Waals surface area contributed by atoms with Crippen LogP contribution in [0.4, 0.5) is 0 Å². The number of benzene rings is 1. The van der Waals surface area contributed by atoms with Gasteiger partial charge in [0.1, 0.15) is 0 Å². The zero-order valence-corrected chi connectivity index (χ0v) is 15.8. The van der Waals surface area contributed by atoms with E-state index in [0.29, 0.717) is 32.0 Å². The monoisotopic (exact) mass is 383 g/mol. The highest BCUT2D eigenvalue weighted by molar-refractivity contribution is 5.88. The number of nitrogens with one attached hydrogen (secondary N) is 1. The Balaban J connectivity index is 1.35. The second-order valence-electron chi connectivity index (χ2n) is 7.41. The molecule has 3 heterocycles. The standard InChI is InChI=1S/C20H25N5O3/c26-18(24-9-6-16(7-10-24)19-22-14-28-23-19)12-17-20(27)21-8-11-25(17)13-15-4-2-1-3-5-15/h1-5,14,16-17H,6-13H2,(H,21,27). The van der Waals surface area contributed by atoms with Gasteiger partial charge in [-0.1, -0.05) is 35.5 Å². The lowest BCUT2D eigenvalue weighted by Crippen LogP contribution is -2.56. The van der Waals surface area contributed by atoms with Gasteiger partial charge in [-0.3, -0.25) is 14.5 Å². The minimum Gasteiger partial charge on any atom is -0.353 e. The van der Waals surface area contributed by atoms with Gasteiger partial charge >= 0.3 is 0 Å². The van der Waals surface area contributed by atoms with E-state index in [1.807, 2.05) is 35.2 Å². The summed E-state index contributed by atoms with van der Waals surface area (Å²) in [6, 6.07) is 9.64. The summed E-state index contributed by atoms with van der Waals surface area (Å²) in [6.07, 6.45) is 3.19. The predicted octanol–water partition coefficient (Wildman–Crippen LogP) is 1.17. The van der Waals surface area contributed by atoms with Crippen molar-refractivity contribution in [2.75, 3.05) is 26.2 Å². The van der Waals surface area contributed by atoms with Crippen LogP contribution in [-0.4, -0.2) is 64.0 Å². The predicted molar refractivity (Wildman–Crippen MR) is 101 cm³/mol. The van der Waals surface area contributed by atoms with Crippen LogP contribution >= 0.6 is 0 Å². The van der Waals surface area contributed by atoms with Crippen LogP contribution in [0.5, 0.6) is 0 Å². The molecule has 0 saturated carbocycles. The summed E-state index contributed by atoms with van der Waals surface area (Å²) in [5, 5.41) is 6.82. The van der Waals surface area contributed by atoms with Crippen molar-refractivity contribution < 1.29 is 14.1 Å². The van der Waals surface area contributed by atoms with Crippen molar-refractivity contribution in [1.82, 2.24) is 25.3 Å². The first-order chi connectivity index (χ1) is 13.7. The van der Waals surface area contributed by atoms with Crippen LogP contribution in [0.15, 0.2) is 41.2 Å². The van der Waals surface area contributed by atoms with Crippen molar-refractivity contribution >= 4 is 11.8 Å². The van der Waals surface area contributed by atoms with Gasteiger partial charge in [-0.25, -0.2) is 0 Å². The lowest BCUT2D eigenvalue weighted by atomic mass is 9.95. The Bertz CT molecular complexity index is 787. The number of rotatable bonds is 5. The van der Waals surface area contributed by atoms with Gasteiger partial charge in [0, 0.05) is 38.6 Å². The Kier molecular flexibility index (Phi) is 5.66. The molecule has 1 N–H and O–H groups in total. The molecule has 2 aliphatic heterocycles. The number of piperidine rings is 1. The Labute approximate surface area is 163 Å². The van der Waals surface area contributed by atoms with Gasteiger partial charge in [0.15, 0.2) is 5.82 Å². The van der Waals surface area contributed by atoms with Gasteiger partial charge in [-0.15, -0.1) is 0 Å². The maximum atomic E-state index is 12.9. The lowest BCUT2D eigenvalue weighted by Gasteiger charge is -2.37. The molecular weight excluding hydrogens is 358 g/mol. The van der Waals surface area contributed by atoms with Gasteiger partial charge in [-0.2, -0.15) is 4.98 Å². The molecular formula is C20H25N5O3. The zero-order chi connectivity index (χ0) is 19.3. The molecule has 0 spiro atoms. The third-order valence-corrected chi connectivity index (χ3v) is 5.63. The number of amides is 2. The molecule has 0 aliphatic carbocycles. The van der Waals surface area contributed by atoms with Crippen molar-refractivity contribution in [3.8, 4) is 0 Å². The highest BCUT2D eigenvalue weighted by atomic mass is 16.5. The van der Waals surface area contributed by atoms with Crippen molar-refractivity contribution in [3.63, 3.8) is 0 Å². The van der Waals surface area contributed by atoms with Gasteiger partial charge in [0.05, 0.1) is 12.5 Å². The smallest absolute Gasteiger partial charge is 0.237 e. The summed E-state index contributed by atoms with van der Waals surface area (Å²) in [4.78, 5) is 33.4. The van der Waals surface area contributed by atoms with Crippen molar-refractivity contribution in [2.24, 2.45) is 0 Å². The van der Waals surface area contributed by atoms with E-state index in [9.17, 15) is 9.59 Å². The van der Waals surface area contributed by atoms with Crippen molar-refractivity contribution in [2.45, 2.75) is 37.8 Å². The minimum absolute atomic E-state index is 0.0340. The first-order valence-electron chi connectivity index (χ1n) is 9.80. The molecule has 2 fully saturated rings. The number of likely N-dealkylation sites (tertiary alicyclic amines) is 1. The number of nitrogens with zero attached hydrogens (tertiary/aromatic N) is 4. The van der Waals surface area contributed by atoms with Crippen LogP contribution < -0.4 is 5.32 Å². The molecule has 2 aromatic rings. The molecule has 1 aromatic carbocycles. The van der Waals surface area contributed by atoms with Crippen LogP contribution in [0, 0.1) is 0 Å². The average molecular weight is 383 g/mol. The zero-order valence-electron chi connectivity index (χ0n) is 15.8. The molecule has 2 aliphatic rings. The van der Waals surface area contributed by atoms with E-state index < -0.39 is 6.04 Å². The summed E-state index contributed by atoms with van der Waals surface area (Å²) < 4.78 is 4.82. The van der Waals surface area contributed by atoms with Gasteiger partial charge in [0.25, 0.3) is 0 Å². The fourth-order valence-corrected chi connectivity index (χ4v) is 4.03. The molecule has 148 valence electrons. The van der Waals surface area contributed by atoms with Crippen LogP contribution in [0.1, 0.15) is 36.6 Å². The first kappa shape index (κ1) is 18.6. The molecule has 1 unspecified atom stereocenters. The Morgan fingerprint density at radius 3 is 2.68 bits per heavy atom. The Morgan fingerprint density at radius 2 is 1.96 bits per heavy atom. The Hall–Kier alpha value is -2.74. The van der Waals surface area contributed by atoms with E-state index in [2.05, 4.69) is 20.4 Å². The van der Waals surface area contributed by atoms with Gasteiger partial charge < -0.3 is 14.7 Å². The quantitative estimate of drug-likeness (QED) is 0.833. The fraction of sp³-hybridized carbons (Fsp3) is 0.500. The number of aromatic nitrogens is 2. The van der Waals surface area contributed by atoms with Crippen molar-refractivity contribution in [3.05, 3.63) is 48.1 Å². The largest absolute Gasteiger partial charge is 0.353 e. The van der Waals surface area contributed by atoms with Gasteiger partial charge in [0.2, 0.25) is 18.2 Å². The van der Waals surface area contributed by atoms with Crippen molar-refractivity contribution in [1.29, 1.82) is 0 Å². The second kappa shape index (κ2) is 8.52. The molecule has 0 radical (unpaired) electrons. The van der Waals surface area contributed by atoms with Gasteiger partial charge in [-0.05, 0) is 18.4 Å². The molecule has 8 heteroatoms. The van der Waals surface area contributed by atoms with Crippen LogP contribution in [0.3, 0.4) is 0 Å². The summed E-state index contributed by atoms with van der Waals surface area (Å²) in [5.41, 5.74) is 1.15. The Morgan fingerprint density at radius 1 is 1.18 bits per heavy atom. The highest BCUT2D eigenvalue weighted by Gasteiger charge is 2.34. The number of hydrogen-bond acceptors (Lipinski definition) is 6. The molecule has 2 amide bonds. The third-order valence-electron chi connectivity index (χ3n) is 5.63. The van der Waals surface area contributed by atoms with Crippen LogP contribution in [-0.2, 0) is 16.1 Å². The third kappa shape index (κ3) is 4.22. The summed E-state index contributed by atoms with van der Waals surface area (Å²) in [7, 11) is 0. The van der Waals surface area contributed by atoms with E-state index in [1.165, 1.54) is 6.39 Å². The summed E-state index contributed by atoms with van der Waals surface area (Å²) in [5.74, 6) is 0.923. The number of piperazine rings is 1. The minimum atomic E-state index is -0.420. The maximum Gasteiger partial charge on any atom is 0.237 e. The summed E-state index contributed by atoms with van der Waals surface area (Å²) >= 11 is 0. The average Bonchev–Trinajstić information content (AvgIpc) is 3.26. The lowest BCUT2D eigenvalue weighted by molar-refractivity contribution is -0.139. The molecule has 0 bridgehead atoms. The SMILES string of the molecule is O=C1NCCN(Cc2ccccc2)C1CC(=O)N1CCC(c2ncon2)CC1. The second-order valence-corrected chi connectivity index (χ2v) is 7.41. The molecule has 2 saturated heterocycles. The molecule has 1 aromatic heterocycles. The normalized spacial score (nSPS) is 21.5.